The molecule has 0 unspecified atom stereocenters. The quantitative estimate of drug-likeness (QED) is 0.0126. The molecule has 12 aromatic rings. The molecular formula is C73H72N15NaO21. The number of imidazole rings is 4. The van der Waals surface area contributed by atoms with Gasteiger partial charge in [0.15, 0.2) is 0 Å². The Morgan fingerprint density at radius 3 is 1.20 bits per heavy atom. The summed E-state index contributed by atoms with van der Waals surface area (Å²) in [7, 11) is 0. The number of aromatic carboxylic acids is 4. The van der Waals surface area contributed by atoms with E-state index in [0.29, 0.717) is 95.5 Å². The van der Waals surface area contributed by atoms with Gasteiger partial charge in [0, 0.05) is 42.4 Å². The molecule has 5 heterocycles. The molecule has 1 aliphatic heterocycles. The van der Waals surface area contributed by atoms with Crippen LogP contribution in [0.15, 0.2) is 146 Å². The Kier molecular flexibility index (Phi) is 31.9. The Hall–Kier alpha value is -13.5. The van der Waals surface area contributed by atoms with Crippen LogP contribution in [0.2, 0.25) is 0 Å². The zero-order chi connectivity index (χ0) is 77.8. The third kappa shape index (κ3) is 22.1. The number of carbonyl (C=O) groups excluding carboxylic acids is 4. The first-order chi connectivity index (χ1) is 51.2. The van der Waals surface area contributed by atoms with Gasteiger partial charge in [-0.05, 0) is 161 Å². The summed E-state index contributed by atoms with van der Waals surface area (Å²) in [6.45, 7) is 10.5. The second-order valence-corrected chi connectivity index (χ2v) is 23.0. The van der Waals surface area contributed by atoms with Crippen molar-refractivity contribution >= 4 is 115 Å². The zero-order valence-electron chi connectivity index (χ0n) is 58.5. The number of fused-ring (bicyclic) bond motifs is 4. The number of nitrogens with zero attached hydrogens (tertiary/aromatic N) is 8. The van der Waals surface area contributed by atoms with Crippen molar-refractivity contribution in [3.8, 4) is 45.6 Å². The summed E-state index contributed by atoms with van der Waals surface area (Å²) < 4.78 is 10.1. The summed E-state index contributed by atoms with van der Waals surface area (Å²) in [5.74, 6) is -4.63. The average molecular weight is 1520 g/mol. The smallest absolute Gasteiger partial charge is 0.870 e. The monoisotopic (exact) mass is 1520 g/mol. The maximum absolute atomic E-state index is 12.0. The van der Waals surface area contributed by atoms with Gasteiger partial charge in [-0.1, -0.05) is 39.0 Å². The number of aryl methyl sites for hydroxylation is 1. The topological polar surface area (TPSA) is 591 Å². The van der Waals surface area contributed by atoms with E-state index in [1.165, 1.54) is 86.4 Å². The van der Waals surface area contributed by atoms with E-state index in [-0.39, 0.29) is 113 Å². The molecule has 37 heteroatoms. The van der Waals surface area contributed by atoms with Gasteiger partial charge in [-0.25, -0.2) is 48.7 Å². The fraction of sp³-hybridized carbons (Fsp3) is 0.192. The summed E-state index contributed by atoms with van der Waals surface area (Å²) in [6, 6.07) is 36.1. The molecule has 0 saturated carbocycles. The van der Waals surface area contributed by atoms with E-state index in [1.54, 1.807) is 74.5 Å². The molecule has 36 nitrogen and oxygen atoms in total. The van der Waals surface area contributed by atoms with Crippen molar-refractivity contribution in [2.45, 2.75) is 53.9 Å². The molecule has 0 aliphatic carbocycles. The van der Waals surface area contributed by atoms with Gasteiger partial charge in [0.25, 0.3) is 17.1 Å². The van der Waals surface area contributed by atoms with Crippen LogP contribution in [-0.4, -0.2) is 167 Å². The van der Waals surface area contributed by atoms with Crippen molar-refractivity contribution in [3.05, 3.63) is 215 Å². The van der Waals surface area contributed by atoms with E-state index in [4.69, 9.17) is 56.7 Å². The standard InChI is InChI=1S/C26H21N5O6.C22H13N5O6.C8H12N2.C8H5NO6.C7H16N2.CO2.CH4.Na.H2O/c1-3-36-25(32)15-6-9-18-20(11-15)29-23(27-18)14-5-8-17(22(13-14)31(34)35)24-28-19-10-7-16(12-21(19)30-24)26(33)37-4-2;28-21(29)11-2-5-14-16(7-11)25-19(23-14)10-1-4-13(18(9-10)27(32)33)20-24-15-6-3-12(22(30)31)8-17(15)26-20;1-2-6-3-4-7(9)8(10)5-6;10-7(11)4-1-2-5(8(12)13)6(3-4)9(14)15;8-4-7-9-5-2-1-3-6-9;2-1-3;;;/h5-13H,3-4H2,1-2H3,(H,27,29)(H,28,30);1-9H,(H,23,25)(H,24,26)(H,28,29)(H,30,31);3-5H,2,9-10H2,1H3;1-3H,(H,10,11)(H,12,13);1-8H2;;1H4;;1H2/q;;;;;;;+1;/p-1. The number of anilines is 2. The van der Waals surface area contributed by atoms with Gasteiger partial charge in [-0.15, -0.1) is 0 Å². The number of ether oxygens (including phenoxy) is 2. The fourth-order valence-corrected chi connectivity index (χ4v) is 10.8. The summed E-state index contributed by atoms with van der Waals surface area (Å²) >= 11 is 0. The number of hydrogen-bond donors (Lipinski definition) is 11. The number of nitrogens with two attached hydrogens (primary N) is 3. The second kappa shape index (κ2) is 40.3. The second-order valence-electron chi connectivity index (χ2n) is 23.0. The molecule has 8 aromatic carbocycles. The molecule has 1 fully saturated rings. The van der Waals surface area contributed by atoms with Crippen LogP contribution >= 0.6 is 0 Å². The number of rotatable bonds is 18. The normalized spacial score (nSPS) is 11.2. The van der Waals surface area contributed by atoms with Gasteiger partial charge < -0.3 is 77.4 Å². The maximum Gasteiger partial charge on any atom is 1.00 e. The van der Waals surface area contributed by atoms with Crippen molar-refractivity contribution < 1.29 is 118 Å². The molecule has 0 radical (unpaired) electrons. The molecule has 1 saturated heterocycles. The number of nitrogen functional groups attached to an aromatic ring is 2. The number of H-pyrrole nitrogens is 4. The molecule has 0 spiro atoms. The molecule has 1 aliphatic rings. The van der Waals surface area contributed by atoms with Crippen LogP contribution in [0.1, 0.15) is 115 Å². The average Bonchev–Trinajstić information content (AvgIpc) is 1.62. The van der Waals surface area contributed by atoms with Crippen LogP contribution in [0.5, 0.6) is 0 Å². The number of nitro benzene ring substituents is 3. The van der Waals surface area contributed by atoms with Crippen LogP contribution < -0.4 is 46.8 Å². The largest absolute Gasteiger partial charge is 1.00 e. The van der Waals surface area contributed by atoms with E-state index in [1.807, 2.05) is 18.2 Å². The van der Waals surface area contributed by atoms with E-state index in [9.17, 15) is 59.1 Å². The number of nitrogens with one attached hydrogen (secondary N) is 4. The van der Waals surface area contributed by atoms with Crippen molar-refractivity contribution in [1.29, 1.82) is 0 Å². The van der Waals surface area contributed by atoms with Gasteiger partial charge in [0.1, 0.15) is 28.9 Å². The Morgan fingerprint density at radius 2 is 0.845 bits per heavy atom. The van der Waals surface area contributed by atoms with Crippen molar-refractivity contribution in [1.82, 2.24) is 44.8 Å². The number of aromatic nitrogens is 8. The number of aromatic amines is 4. The number of esters is 2. The number of hydrogen-bond acceptors (Lipinski definition) is 25. The molecular weight excluding hydrogens is 1450 g/mol. The number of carboxylic acid groups (broad SMARTS) is 4. The number of piperidine rings is 1. The molecule has 566 valence electrons. The molecule has 13 rings (SSSR count). The number of benzene rings is 8. The van der Waals surface area contributed by atoms with Gasteiger partial charge in [0.2, 0.25) is 0 Å². The first kappa shape index (κ1) is 87.2. The third-order valence-corrected chi connectivity index (χ3v) is 16.0. The van der Waals surface area contributed by atoms with Crippen LogP contribution in [0.4, 0.5) is 28.4 Å². The van der Waals surface area contributed by atoms with Crippen molar-refractivity contribution in [2.24, 2.45) is 5.73 Å². The first-order valence-electron chi connectivity index (χ1n) is 32.4. The van der Waals surface area contributed by atoms with E-state index in [0.717, 1.165) is 31.6 Å². The Bertz CT molecular complexity index is 5410. The Labute approximate surface area is 644 Å². The molecule has 0 amide bonds. The molecule has 0 atom stereocenters. The first-order valence-corrected chi connectivity index (χ1v) is 32.4. The minimum atomic E-state index is -1.47. The minimum Gasteiger partial charge on any atom is -0.870 e. The molecule has 0 bridgehead atoms. The Morgan fingerprint density at radius 1 is 0.482 bits per heavy atom. The van der Waals surface area contributed by atoms with Crippen LogP contribution in [-0.2, 0) is 25.5 Å². The predicted octanol–water partition coefficient (Wildman–Crippen LogP) is 8.83. The molecule has 4 aromatic heterocycles. The number of carboxylic acids is 4. The van der Waals surface area contributed by atoms with Gasteiger partial charge in [-0.3, -0.25) is 30.3 Å². The van der Waals surface area contributed by atoms with Crippen molar-refractivity contribution in [3.63, 3.8) is 0 Å². The number of likely N-dealkylation sites (tertiary alicyclic amines) is 1. The van der Waals surface area contributed by atoms with Gasteiger partial charge in [0.05, 0.1) is 122 Å². The third-order valence-electron chi connectivity index (χ3n) is 16.0. The van der Waals surface area contributed by atoms with Crippen LogP contribution in [0.25, 0.3) is 89.7 Å². The van der Waals surface area contributed by atoms with Crippen LogP contribution in [0.3, 0.4) is 0 Å². The zero-order valence-corrected chi connectivity index (χ0v) is 60.5. The van der Waals surface area contributed by atoms with Crippen LogP contribution in [0, 0.1) is 30.3 Å². The van der Waals surface area contributed by atoms with Gasteiger partial charge >= 0.3 is 71.5 Å². The Balaban J connectivity index is 0.000000267. The van der Waals surface area contributed by atoms with E-state index < -0.39 is 61.8 Å². The minimum absolute atomic E-state index is 0. The summed E-state index contributed by atoms with van der Waals surface area (Å²) in [4.78, 5) is 148. The fourth-order valence-electron chi connectivity index (χ4n) is 10.8. The number of carbonyl (C=O) groups is 6. The summed E-state index contributed by atoms with van der Waals surface area (Å²) in [6.07, 6.45) is 5.42. The predicted molar refractivity (Wildman–Crippen MR) is 397 cm³/mol. The number of nitro groups is 3. The maximum atomic E-state index is 12.0. The van der Waals surface area contributed by atoms with Crippen molar-refractivity contribution in [2.75, 3.05) is 50.9 Å². The summed E-state index contributed by atoms with van der Waals surface area (Å²) in [5, 5.41) is 69.7. The SMILES string of the molecule is C.CCOC(=O)c1ccc2nc(-c3ccc(-c4nc5ccc(C(=O)OCC)cc5[nH]4)c([N+](=O)[O-])c3)[nH]c2c1.CCc1ccc(N)c(N)c1.NCCN1CCCCC1.O=C(O)c1ccc(C(=O)O)c([N+](=O)[O-])c1.O=C(O)c1ccc2nc(-c3ccc(-c4nc5ccc(C(=O)O)cc5[nH]4)c([N+](=O)[O-])c3)[nH]c2c1.O=C=O.[Na+].[OH-]. The van der Waals surface area contributed by atoms with Gasteiger partial charge in [-0.2, -0.15) is 9.59 Å². The van der Waals surface area contributed by atoms with E-state index >= 15 is 0 Å². The van der Waals surface area contributed by atoms with E-state index in [2.05, 4.69) is 51.7 Å². The molecule has 15 N–H and O–H groups in total. The molecule has 110 heavy (non-hydrogen) atoms. The summed E-state index contributed by atoms with van der Waals surface area (Å²) in [5.41, 5.74) is 23.6.